The van der Waals surface area contributed by atoms with Crippen molar-refractivity contribution < 1.29 is 4.79 Å². The molecule has 0 bridgehead atoms. The molecule has 2 aromatic heterocycles. The minimum Gasteiger partial charge on any atom is -0.338 e. The number of amides is 1. The zero-order chi connectivity index (χ0) is 16.2. The Morgan fingerprint density at radius 3 is 2.96 bits per heavy atom. The number of imidazole rings is 1. The average molecular weight is 315 g/mol. The summed E-state index contributed by atoms with van der Waals surface area (Å²) in [5.41, 5.74) is 1.16. The molecule has 0 saturated carbocycles. The van der Waals surface area contributed by atoms with Gasteiger partial charge in [0.2, 0.25) is 5.91 Å². The molecule has 6 heteroatoms. The van der Waals surface area contributed by atoms with Crippen LogP contribution in [-0.4, -0.2) is 42.7 Å². The van der Waals surface area contributed by atoms with E-state index in [1.807, 2.05) is 37.1 Å². The zero-order valence-corrected chi connectivity index (χ0v) is 14.0. The molecule has 0 radical (unpaired) electrons. The fraction of sp³-hybridized carbons (Fsp3) is 0.588. The maximum Gasteiger partial charge on any atom is 0.222 e. The second kappa shape index (κ2) is 6.98. The maximum atomic E-state index is 12.5. The van der Waals surface area contributed by atoms with Gasteiger partial charge in [0.05, 0.1) is 18.8 Å². The van der Waals surface area contributed by atoms with E-state index in [0.717, 1.165) is 50.3 Å². The highest BCUT2D eigenvalue weighted by atomic mass is 16.2. The summed E-state index contributed by atoms with van der Waals surface area (Å²) in [7, 11) is 0. The summed E-state index contributed by atoms with van der Waals surface area (Å²) in [5.74, 6) is 1.28. The normalized spacial score (nSPS) is 17.8. The molecule has 1 aliphatic heterocycles. The van der Waals surface area contributed by atoms with Gasteiger partial charge in [-0.15, -0.1) is 0 Å². The van der Waals surface area contributed by atoms with Crippen LogP contribution in [0.5, 0.6) is 0 Å². The molecule has 1 saturated heterocycles. The van der Waals surface area contributed by atoms with E-state index in [-0.39, 0.29) is 11.9 Å². The van der Waals surface area contributed by atoms with Crippen LogP contribution >= 0.6 is 0 Å². The van der Waals surface area contributed by atoms with Crippen LogP contribution in [0.1, 0.15) is 37.1 Å². The van der Waals surface area contributed by atoms with Gasteiger partial charge >= 0.3 is 0 Å². The first-order valence-corrected chi connectivity index (χ1v) is 8.40. The van der Waals surface area contributed by atoms with Crippen LogP contribution in [0.4, 0.5) is 0 Å². The number of likely N-dealkylation sites (tertiary alicyclic amines) is 1. The molecule has 1 amide bonds. The summed E-state index contributed by atoms with van der Waals surface area (Å²) in [6.45, 7) is 6.58. The molecule has 1 atom stereocenters. The Hall–Kier alpha value is -2.11. The van der Waals surface area contributed by atoms with Crippen molar-refractivity contribution in [2.75, 3.05) is 6.54 Å². The first-order valence-electron chi connectivity index (χ1n) is 8.40. The Bertz CT molecular complexity index is 659. The van der Waals surface area contributed by atoms with Crippen molar-refractivity contribution in [2.45, 2.75) is 58.7 Å². The molecular formula is C17H25N5O. The van der Waals surface area contributed by atoms with E-state index in [2.05, 4.69) is 19.5 Å². The van der Waals surface area contributed by atoms with Gasteiger partial charge in [-0.2, -0.15) is 5.10 Å². The van der Waals surface area contributed by atoms with Gasteiger partial charge in [0.15, 0.2) is 0 Å². The van der Waals surface area contributed by atoms with Crippen LogP contribution in [-0.2, 0) is 17.9 Å². The minimum absolute atomic E-state index is 0.272. The third-order valence-electron chi connectivity index (χ3n) is 4.57. The highest BCUT2D eigenvalue weighted by molar-refractivity contribution is 5.76. The molecule has 0 spiro atoms. The molecule has 0 aliphatic carbocycles. The van der Waals surface area contributed by atoms with Crippen LogP contribution in [0.25, 0.3) is 0 Å². The summed E-state index contributed by atoms with van der Waals surface area (Å²) in [6, 6.07) is 0.289. The number of aryl methyl sites for hydroxylation is 3. The standard InChI is InChI=1S/C17H25N5O/c1-14-11-19-21(12-14)13-16-5-3-9-22(16)17(23)6-4-8-20-10-7-18-15(20)2/h7,10-12,16H,3-6,8-9,13H2,1-2H3/t16-/m1/s1. The third kappa shape index (κ3) is 3.81. The number of carbonyl (C=O) groups excluding carboxylic acids is 1. The van der Waals surface area contributed by atoms with E-state index < -0.39 is 0 Å². The molecule has 1 fully saturated rings. The minimum atomic E-state index is 0.272. The molecular weight excluding hydrogens is 290 g/mol. The molecule has 23 heavy (non-hydrogen) atoms. The Morgan fingerprint density at radius 1 is 1.39 bits per heavy atom. The van der Waals surface area contributed by atoms with Crippen molar-refractivity contribution in [3.05, 3.63) is 36.2 Å². The molecule has 3 rings (SSSR count). The summed E-state index contributed by atoms with van der Waals surface area (Å²) in [5, 5.41) is 4.35. The molecule has 124 valence electrons. The third-order valence-corrected chi connectivity index (χ3v) is 4.57. The smallest absolute Gasteiger partial charge is 0.222 e. The number of carbonyl (C=O) groups is 1. The average Bonchev–Trinajstić information content (AvgIpc) is 3.23. The lowest BCUT2D eigenvalue weighted by atomic mass is 10.2. The zero-order valence-electron chi connectivity index (χ0n) is 14.0. The van der Waals surface area contributed by atoms with Crippen molar-refractivity contribution in [3.63, 3.8) is 0 Å². The van der Waals surface area contributed by atoms with Gasteiger partial charge in [-0.3, -0.25) is 9.48 Å². The topological polar surface area (TPSA) is 56.0 Å². The highest BCUT2D eigenvalue weighted by Gasteiger charge is 2.28. The molecule has 1 aliphatic rings. The quantitative estimate of drug-likeness (QED) is 0.821. The van der Waals surface area contributed by atoms with E-state index in [9.17, 15) is 4.79 Å². The molecule has 0 aromatic carbocycles. The predicted molar refractivity (Wildman–Crippen MR) is 87.9 cm³/mol. The Balaban J connectivity index is 1.50. The van der Waals surface area contributed by atoms with Gasteiger partial charge in [-0.1, -0.05) is 0 Å². The van der Waals surface area contributed by atoms with E-state index in [0.29, 0.717) is 6.42 Å². The van der Waals surface area contributed by atoms with E-state index >= 15 is 0 Å². The van der Waals surface area contributed by atoms with Crippen molar-refractivity contribution in [2.24, 2.45) is 0 Å². The Kier molecular flexibility index (Phi) is 4.79. The summed E-state index contributed by atoms with van der Waals surface area (Å²) < 4.78 is 4.06. The van der Waals surface area contributed by atoms with Crippen LogP contribution in [0.3, 0.4) is 0 Å². The maximum absolute atomic E-state index is 12.5. The second-order valence-electron chi connectivity index (χ2n) is 6.39. The molecule has 0 unspecified atom stereocenters. The van der Waals surface area contributed by atoms with Gasteiger partial charge in [0.25, 0.3) is 0 Å². The number of hydrogen-bond acceptors (Lipinski definition) is 3. The lowest BCUT2D eigenvalue weighted by molar-refractivity contribution is -0.132. The van der Waals surface area contributed by atoms with Gasteiger partial charge < -0.3 is 9.47 Å². The fourth-order valence-corrected chi connectivity index (χ4v) is 3.32. The van der Waals surface area contributed by atoms with Gasteiger partial charge in [-0.05, 0) is 38.7 Å². The van der Waals surface area contributed by atoms with Gasteiger partial charge in [0.1, 0.15) is 5.82 Å². The van der Waals surface area contributed by atoms with Gasteiger partial charge in [-0.25, -0.2) is 4.98 Å². The fourth-order valence-electron chi connectivity index (χ4n) is 3.32. The summed E-state index contributed by atoms with van der Waals surface area (Å²) in [6.07, 6.45) is 11.3. The lowest BCUT2D eigenvalue weighted by Gasteiger charge is -2.25. The van der Waals surface area contributed by atoms with Gasteiger partial charge in [0, 0.05) is 38.1 Å². The second-order valence-corrected chi connectivity index (χ2v) is 6.39. The van der Waals surface area contributed by atoms with Crippen molar-refractivity contribution >= 4 is 5.91 Å². The molecule has 2 aromatic rings. The number of hydrogen-bond donors (Lipinski definition) is 0. The van der Waals surface area contributed by atoms with Crippen molar-refractivity contribution in [1.82, 2.24) is 24.2 Å². The lowest BCUT2D eigenvalue weighted by Crippen LogP contribution is -2.38. The molecule has 3 heterocycles. The van der Waals surface area contributed by atoms with E-state index in [4.69, 9.17) is 0 Å². The first-order chi connectivity index (χ1) is 11.1. The monoisotopic (exact) mass is 315 g/mol. The van der Waals surface area contributed by atoms with Crippen LogP contribution < -0.4 is 0 Å². The van der Waals surface area contributed by atoms with Crippen LogP contribution in [0, 0.1) is 13.8 Å². The molecule has 0 N–H and O–H groups in total. The number of nitrogens with zero attached hydrogens (tertiary/aromatic N) is 5. The first kappa shape index (κ1) is 15.8. The number of rotatable bonds is 6. The Morgan fingerprint density at radius 2 is 2.26 bits per heavy atom. The largest absolute Gasteiger partial charge is 0.338 e. The van der Waals surface area contributed by atoms with E-state index in [1.165, 1.54) is 0 Å². The van der Waals surface area contributed by atoms with Crippen molar-refractivity contribution in [1.29, 1.82) is 0 Å². The highest BCUT2D eigenvalue weighted by Crippen LogP contribution is 2.20. The predicted octanol–water partition coefficient (Wildman–Crippen LogP) is 2.17. The van der Waals surface area contributed by atoms with Crippen LogP contribution in [0.2, 0.25) is 0 Å². The van der Waals surface area contributed by atoms with Crippen LogP contribution in [0.15, 0.2) is 24.8 Å². The van der Waals surface area contributed by atoms with Crippen molar-refractivity contribution in [3.8, 4) is 0 Å². The number of aromatic nitrogens is 4. The summed E-state index contributed by atoms with van der Waals surface area (Å²) >= 11 is 0. The summed E-state index contributed by atoms with van der Waals surface area (Å²) in [4.78, 5) is 18.8. The van der Waals surface area contributed by atoms with E-state index in [1.54, 1.807) is 6.20 Å². The SMILES string of the molecule is Cc1cnn(C[C@H]2CCCN2C(=O)CCCn2ccnc2C)c1. The molecule has 6 nitrogen and oxygen atoms in total. The Labute approximate surface area is 137 Å².